The molecule has 0 saturated heterocycles. The molecule has 1 heterocycles. The van der Waals surface area contributed by atoms with E-state index in [1.54, 1.807) is 26.2 Å². The number of carbonyl (C=O) groups is 1. The monoisotopic (exact) mass is 363 g/mol. The zero-order valence-electron chi connectivity index (χ0n) is 14.5. The van der Waals surface area contributed by atoms with Crippen LogP contribution in [0.25, 0.3) is 0 Å². The second kappa shape index (κ2) is 7.73. The Balaban J connectivity index is 1.58. The van der Waals surface area contributed by atoms with Crippen LogP contribution in [-0.4, -0.2) is 58.0 Å². The summed E-state index contributed by atoms with van der Waals surface area (Å²) in [6.45, 7) is 0.458. The normalized spacial score (nSPS) is 13.6. The molecule has 1 aromatic carbocycles. The lowest BCUT2D eigenvalue weighted by Crippen LogP contribution is -2.28. The number of rotatable bonds is 8. The number of thioether (sulfide) groups is 1. The molecule has 0 bridgehead atoms. The zero-order chi connectivity index (χ0) is 17.8. The van der Waals surface area contributed by atoms with Crippen LogP contribution in [0.5, 0.6) is 11.5 Å². The van der Waals surface area contributed by atoms with E-state index >= 15 is 0 Å². The van der Waals surface area contributed by atoms with Gasteiger partial charge in [-0.15, -0.1) is 5.10 Å². The van der Waals surface area contributed by atoms with Gasteiger partial charge in [-0.05, 0) is 35.4 Å². The number of aromatic nitrogens is 4. The van der Waals surface area contributed by atoms with Gasteiger partial charge in [0.25, 0.3) is 0 Å². The fourth-order valence-corrected chi connectivity index (χ4v) is 3.28. The third-order valence-corrected chi connectivity index (χ3v) is 4.93. The van der Waals surface area contributed by atoms with Crippen LogP contribution >= 0.6 is 11.8 Å². The molecule has 1 saturated carbocycles. The maximum absolute atomic E-state index is 12.4. The first-order valence-electron chi connectivity index (χ1n) is 7.98. The van der Waals surface area contributed by atoms with Crippen molar-refractivity contribution in [3.63, 3.8) is 0 Å². The summed E-state index contributed by atoms with van der Waals surface area (Å²) in [6, 6.07) is 5.97. The number of tetrazole rings is 1. The van der Waals surface area contributed by atoms with Gasteiger partial charge in [0, 0.05) is 25.2 Å². The minimum atomic E-state index is 0.00761. The van der Waals surface area contributed by atoms with E-state index in [9.17, 15) is 4.79 Å². The average Bonchev–Trinajstić information content (AvgIpc) is 3.37. The topological polar surface area (TPSA) is 82.4 Å². The van der Waals surface area contributed by atoms with Crippen molar-refractivity contribution in [1.82, 2.24) is 25.1 Å². The van der Waals surface area contributed by atoms with Crippen molar-refractivity contribution in [2.24, 2.45) is 0 Å². The summed E-state index contributed by atoms with van der Waals surface area (Å²) in [6.07, 6.45) is 2.20. The highest BCUT2D eigenvalue weighted by Crippen LogP contribution is 2.36. The summed E-state index contributed by atoms with van der Waals surface area (Å²) in [5.41, 5.74) is 0.923. The van der Waals surface area contributed by atoms with Crippen LogP contribution in [0.15, 0.2) is 23.4 Å². The van der Waals surface area contributed by atoms with Gasteiger partial charge in [-0.3, -0.25) is 4.79 Å². The number of methoxy groups -OCH3 is 2. The summed E-state index contributed by atoms with van der Waals surface area (Å²) in [5, 5.41) is 12.4. The third kappa shape index (κ3) is 4.22. The molecule has 1 aliphatic rings. The molecule has 0 atom stereocenters. The molecule has 3 rings (SSSR count). The van der Waals surface area contributed by atoms with Gasteiger partial charge >= 0.3 is 0 Å². The first-order chi connectivity index (χ1) is 12.1. The fourth-order valence-electron chi connectivity index (χ4n) is 2.39. The molecule has 1 fully saturated rings. The van der Waals surface area contributed by atoms with Crippen LogP contribution in [0.3, 0.4) is 0 Å². The van der Waals surface area contributed by atoms with Gasteiger partial charge in [-0.1, -0.05) is 11.8 Å². The molecule has 0 radical (unpaired) electrons. The van der Waals surface area contributed by atoms with Crippen LogP contribution in [0.1, 0.15) is 24.4 Å². The highest BCUT2D eigenvalue weighted by molar-refractivity contribution is 7.99. The minimum Gasteiger partial charge on any atom is -0.497 e. The quantitative estimate of drug-likeness (QED) is 0.661. The number of benzene rings is 1. The van der Waals surface area contributed by atoms with Crippen molar-refractivity contribution < 1.29 is 14.3 Å². The lowest BCUT2D eigenvalue weighted by molar-refractivity contribution is -0.127. The van der Waals surface area contributed by atoms with Crippen molar-refractivity contribution in [2.75, 3.05) is 27.0 Å². The Morgan fingerprint density at radius 3 is 2.84 bits per heavy atom. The molecule has 9 heteroatoms. The Kier molecular flexibility index (Phi) is 5.42. The highest BCUT2D eigenvalue weighted by Gasteiger charge is 2.28. The van der Waals surface area contributed by atoms with E-state index in [1.165, 1.54) is 11.8 Å². The molecule has 1 aromatic heterocycles. The Labute approximate surface area is 150 Å². The number of ether oxygens (including phenoxy) is 2. The first kappa shape index (κ1) is 17.5. The van der Waals surface area contributed by atoms with E-state index in [-0.39, 0.29) is 5.91 Å². The number of hydrogen-bond donors (Lipinski definition) is 0. The summed E-state index contributed by atoms with van der Waals surface area (Å²) in [4.78, 5) is 14.1. The van der Waals surface area contributed by atoms with E-state index in [1.807, 2.05) is 22.9 Å². The van der Waals surface area contributed by atoms with Gasteiger partial charge in [0.05, 0.1) is 26.0 Å². The second-order valence-corrected chi connectivity index (χ2v) is 6.80. The number of hydrogen-bond acceptors (Lipinski definition) is 7. The average molecular weight is 363 g/mol. The largest absolute Gasteiger partial charge is 0.497 e. The van der Waals surface area contributed by atoms with Gasteiger partial charge in [-0.2, -0.15) is 0 Å². The Hall–Kier alpha value is -2.29. The Morgan fingerprint density at radius 2 is 2.16 bits per heavy atom. The standard InChI is InChI=1S/C16H21N5O3S/c1-20(9-11-4-7-13(23-2)8-14(11)24-3)15(22)10-25-16-17-18-19-21(16)12-5-6-12/h4,7-8,12H,5-6,9-10H2,1-3H3. The minimum absolute atomic E-state index is 0.00761. The molecule has 2 aromatic rings. The van der Waals surface area contributed by atoms with Crippen molar-refractivity contribution in [3.05, 3.63) is 23.8 Å². The van der Waals surface area contributed by atoms with Gasteiger partial charge in [0.1, 0.15) is 11.5 Å². The summed E-state index contributed by atoms with van der Waals surface area (Å²) < 4.78 is 12.4. The maximum Gasteiger partial charge on any atom is 0.233 e. The Bertz CT molecular complexity index is 747. The Morgan fingerprint density at radius 1 is 1.36 bits per heavy atom. The second-order valence-electron chi connectivity index (χ2n) is 5.85. The number of amides is 1. The van der Waals surface area contributed by atoms with Gasteiger partial charge in [-0.25, -0.2) is 4.68 Å². The number of carbonyl (C=O) groups excluding carboxylic acids is 1. The van der Waals surface area contributed by atoms with Crippen molar-refractivity contribution >= 4 is 17.7 Å². The molecular formula is C16H21N5O3S. The van der Waals surface area contributed by atoms with Crippen LogP contribution < -0.4 is 9.47 Å². The summed E-state index contributed by atoms with van der Waals surface area (Å²) >= 11 is 1.37. The molecule has 0 aliphatic heterocycles. The molecule has 1 amide bonds. The van der Waals surface area contributed by atoms with Crippen LogP contribution in [0.4, 0.5) is 0 Å². The van der Waals surface area contributed by atoms with Gasteiger partial charge < -0.3 is 14.4 Å². The highest BCUT2D eigenvalue weighted by atomic mass is 32.2. The molecule has 0 N–H and O–H groups in total. The van der Waals surface area contributed by atoms with Gasteiger partial charge in [0.2, 0.25) is 11.1 Å². The van der Waals surface area contributed by atoms with Crippen LogP contribution in [0.2, 0.25) is 0 Å². The van der Waals surface area contributed by atoms with E-state index in [0.717, 1.165) is 24.2 Å². The van der Waals surface area contributed by atoms with E-state index < -0.39 is 0 Å². The molecule has 8 nitrogen and oxygen atoms in total. The van der Waals surface area contributed by atoms with Crippen molar-refractivity contribution in [2.45, 2.75) is 30.6 Å². The maximum atomic E-state index is 12.4. The van der Waals surface area contributed by atoms with Crippen molar-refractivity contribution in [1.29, 1.82) is 0 Å². The smallest absolute Gasteiger partial charge is 0.233 e. The van der Waals surface area contributed by atoms with Gasteiger partial charge in [0.15, 0.2) is 0 Å². The SMILES string of the molecule is COc1ccc(CN(C)C(=O)CSc2nnnn2C2CC2)c(OC)c1. The summed E-state index contributed by atoms with van der Waals surface area (Å²) in [7, 11) is 4.99. The lowest BCUT2D eigenvalue weighted by Gasteiger charge is -2.19. The molecule has 25 heavy (non-hydrogen) atoms. The fraction of sp³-hybridized carbons (Fsp3) is 0.500. The molecular weight excluding hydrogens is 342 g/mol. The first-order valence-corrected chi connectivity index (χ1v) is 8.96. The molecule has 0 spiro atoms. The van der Waals surface area contributed by atoms with E-state index in [2.05, 4.69) is 15.5 Å². The van der Waals surface area contributed by atoms with Crippen molar-refractivity contribution in [3.8, 4) is 11.5 Å². The van der Waals surface area contributed by atoms with Crippen LogP contribution in [0, 0.1) is 0 Å². The predicted octanol–water partition coefficient (Wildman–Crippen LogP) is 1.78. The lowest BCUT2D eigenvalue weighted by atomic mass is 10.2. The third-order valence-electron chi connectivity index (χ3n) is 4.01. The summed E-state index contributed by atoms with van der Waals surface area (Å²) in [5.74, 6) is 1.72. The molecule has 0 unspecified atom stereocenters. The molecule has 134 valence electrons. The van der Waals surface area contributed by atoms with E-state index in [0.29, 0.717) is 29.2 Å². The number of nitrogens with zero attached hydrogens (tertiary/aromatic N) is 5. The van der Waals surface area contributed by atoms with Crippen LogP contribution in [-0.2, 0) is 11.3 Å². The van der Waals surface area contributed by atoms with E-state index in [4.69, 9.17) is 9.47 Å². The predicted molar refractivity (Wildman–Crippen MR) is 92.8 cm³/mol. The zero-order valence-corrected chi connectivity index (χ0v) is 15.3. The molecule has 1 aliphatic carbocycles.